The molecule has 2 unspecified atom stereocenters. The first-order valence-electron chi connectivity index (χ1n) is 7.29. The Morgan fingerprint density at radius 1 is 1.41 bits per heavy atom. The number of ether oxygens (including phenoxy) is 1. The molecule has 22 heavy (non-hydrogen) atoms. The van der Waals surface area contributed by atoms with Gasteiger partial charge in [-0.3, -0.25) is 4.79 Å². The van der Waals surface area contributed by atoms with Crippen molar-refractivity contribution in [1.82, 2.24) is 4.90 Å². The highest BCUT2D eigenvalue weighted by atomic mass is 19.1. The molecule has 1 aromatic rings. The molecule has 0 aliphatic carbocycles. The quantitative estimate of drug-likeness (QED) is 0.924. The van der Waals surface area contributed by atoms with Gasteiger partial charge in [0.1, 0.15) is 5.82 Å². The number of benzene rings is 1. The molecule has 0 spiro atoms. The lowest BCUT2D eigenvalue weighted by molar-refractivity contribution is -0.166. The van der Waals surface area contributed by atoms with E-state index in [1.54, 1.807) is 32.0 Å². The van der Waals surface area contributed by atoms with Crippen molar-refractivity contribution in [1.29, 1.82) is 0 Å². The second-order valence-electron chi connectivity index (χ2n) is 5.70. The molecule has 1 saturated heterocycles. The van der Waals surface area contributed by atoms with Crippen molar-refractivity contribution in [2.24, 2.45) is 0 Å². The Hall–Kier alpha value is -1.95. The van der Waals surface area contributed by atoms with Crippen molar-refractivity contribution >= 4 is 11.9 Å². The summed E-state index contributed by atoms with van der Waals surface area (Å²) >= 11 is 0. The van der Waals surface area contributed by atoms with Gasteiger partial charge >= 0.3 is 5.97 Å². The molecule has 0 saturated carbocycles. The summed E-state index contributed by atoms with van der Waals surface area (Å²) in [5, 5.41) is 9.04. The third kappa shape index (κ3) is 3.82. The Kier molecular flexibility index (Phi) is 5.13. The van der Waals surface area contributed by atoms with Crippen LogP contribution >= 0.6 is 0 Å². The summed E-state index contributed by atoms with van der Waals surface area (Å²) < 4.78 is 19.0. The molecule has 0 aromatic heterocycles. The molecule has 0 bridgehead atoms. The minimum Gasteiger partial charge on any atom is -0.479 e. The number of amides is 1. The van der Waals surface area contributed by atoms with E-state index in [2.05, 4.69) is 0 Å². The highest BCUT2D eigenvalue weighted by Crippen LogP contribution is 2.23. The fraction of sp³-hybridized carbons (Fsp3) is 0.500. The number of carboxylic acid groups (broad SMARTS) is 1. The predicted octanol–water partition coefficient (Wildman–Crippen LogP) is 2.02. The van der Waals surface area contributed by atoms with Gasteiger partial charge in [-0.2, -0.15) is 0 Å². The lowest BCUT2D eigenvalue weighted by atomic mass is 9.96. The van der Waals surface area contributed by atoms with E-state index in [9.17, 15) is 14.0 Å². The van der Waals surface area contributed by atoms with Crippen molar-refractivity contribution in [2.45, 2.75) is 38.4 Å². The molecule has 1 fully saturated rings. The summed E-state index contributed by atoms with van der Waals surface area (Å²) in [5.74, 6) is -1.86. The fourth-order valence-electron chi connectivity index (χ4n) is 2.67. The van der Waals surface area contributed by atoms with Gasteiger partial charge in [0.15, 0.2) is 6.10 Å². The van der Waals surface area contributed by atoms with Crippen LogP contribution in [0, 0.1) is 5.82 Å². The average molecular weight is 309 g/mol. The molecular formula is C16H20FNO4. The van der Waals surface area contributed by atoms with Crippen molar-refractivity contribution < 1.29 is 23.8 Å². The van der Waals surface area contributed by atoms with E-state index in [-0.39, 0.29) is 36.7 Å². The smallest absolute Gasteiger partial charge is 0.334 e. The maximum atomic E-state index is 13.7. The van der Waals surface area contributed by atoms with E-state index in [0.29, 0.717) is 12.1 Å². The second-order valence-corrected chi connectivity index (χ2v) is 5.70. The molecule has 1 heterocycles. The van der Waals surface area contributed by atoms with Crippen molar-refractivity contribution in [3.63, 3.8) is 0 Å². The van der Waals surface area contributed by atoms with Gasteiger partial charge in [-0.05, 0) is 24.5 Å². The zero-order valence-electron chi connectivity index (χ0n) is 12.7. The number of morpholine rings is 1. The van der Waals surface area contributed by atoms with Gasteiger partial charge in [0, 0.05) is 13.0 Å². The monoisotopic (exact) mass is 309 g/mol. The van der Waals surface area contributed by atoms with E-state index in [1.165, 1.54) is 11.0 Å². The van der Waals surface area contributed by atoms with Gasteiger partial charge in [0.2, 0.25) is 5.91 Å². The molecule has 3 atom stereocenters. The van der Waals surface area contributed by atoms with Crippen LogP contribution in [0.2, 0.25) is 0 Å². The third-order valence-corrected chi connectivity index (χ3v) is 3.81. The maximum Gasteiger partial charge on any atom is 0.334 e. The second kappa shape index (κ2) is 6.87. The number of aliphatic carboxylic acids is 1. The molecule has 2 rings (SSSR count). The van der Waals surface area contributed by atoms with Crippen LogP contribution in [0.5, 0.6) is 0 Å². The van der Waals surface area contributed by atoms with Crippen LogP contribution in [0.1, 0.15) is 31.7 Å². The largest absolute Gasteiger partial charge is 0.479 e. The molecule has 0 radical (unpaired) electrons. The topological polar surface area (TPSA) is 66.8 Å². The number of halogens is 1. The highest BCUT2D eigenvalue weighted by Gasteiger charge is 2.33. The molecule has 1 aliphatic rings. The normalized spacial score (nSPS) is 23.1. The Labute approximate surface area is 128 Å². The van der Waals surface area contributed by atoms with Gasteiger partial charge < -0.3 is 14.7 Å². The van der Waals surface area contributed by atoms with Crippen LogP contribution in [0.25, 0.3) is 0 Å². The maximum absolute atomic E-state index is 13.7. The molecule has 6 heteroatoms. The SMILES string of the molecule is CC(CC(=O)N1CC(C(=O)O)O[C@H](C)C1)c1ccccc1F. The summed E-state index contributed by atoms with van der Waals surface area (Å²) in [7, 11) is 0. The summed E-state index contributed by atoms with van der Waals surface area (Å²) in [5.41, 5.74) is 0.493. The zero-order valence-corrected chi connectivity index (χ0v) is 12.7. The van der Waals surface area contributed by atoms with E-state index < -0.39 is 12.1 Å². The minimum atomic E-state index is -1.08. The van der Waals surface area contributed by atoms with E-state index >= 15 is 0 Å². The fourth-order valence-corrected chi connectivity index (χ4v) is 2.67. The average Bonchev–Trinajstić information content (AvgIpc) is 2.46. The van der Waals surface area contributed by atoms with Gasteiger partial charge in [0.05, 0.1) is 12.6 Å². The van der Waals surface area contributed by atoms with Crippen LogP contribution < -0.4 is 0 Å². The lowest BCUT2D eigenvalue weighted by Gasteiger charge is -2.35. The van der Waals surface area contributed by atoms with Crippen LogP contribution in [-0.2, 0) is 14.3 Å². The van der Waals surface area contributed by atoms with Crippen molar-refractivity contribution in [3.05, 3.63) is 35.6 Å². The molecule has 1 aromatic carbocycles. The molecule has 5 nitrogen and oxygen atoms in total. The highest BCUT2D eigenvalue weighted by molar-refractivity contribution is 5.79. The number of carbonyl (C=O) groups is 2. The van der Waals surface area contributed by atoms with Gasteiger partial charge in [0.25, 0.3) is 0 Å². The molecule has 1 aliphatic heterocycles. The molecule has 120 valence electrons. The van der Waals surface area contributed by atoms with E-state index in [1.807, 2.05) is 0 Å². The summed E-state index contributed by atoms with van der Waals surface area (Å²) in [6, 6.07) is 6.37. The van der Waals surface area contributed by atoms with Crippen LogP contribution in [0.15, 0.2) is 24.3 Å². The van der Waals surface area contributed by atoms with E-state index in [4.69, 9.17) is 9.84 Å². The molecule has 1 N–H and O–H groups in total. The zero-order chi connectivity index (χ0) is 16.3. The Morgan fingerprint density at radius 2 is 2.09 bits per heavy atom. The number of carbonyl (C=O) groups excluding carboxylic acids is 1. The molecular weight excluding hydrogens is 289 g/mol. The Bertz CT molecular complexity index is 563. The van der Waals surface area contributed by atoms with Gasteiger partial charge in [-0.15, -0.1) is 0 Å². The lowest BCUT2D eigenvalue weighted by Crippen LogP contribution is -2.51. The summed E-state index contributed by atoms with van der Waals surface area (Å²) in [6.07, 6.45) is -1.20. The number of hydrogen-bond acceptors (Lipinski definition) is 3. The van der Waals surface area contributed by atoms with Crippen molar-refractivity contribution in [2.75, 3.05) is 13.1 Å². The van der Waals surface area contributed by atoms with Gasteiger partial charge in [-0.1, -0.05) is 25.1 Å². The number of carboxylic acids is 1. The van der Waals surface area contributed by atoms with Crippen LogP contribution in [-0.4, -0.2) is 47.2 Å². The summed E-state index contributed by atoms with van der Waals surface area (Å²) in [6.45, 7) is 3.90. The Morgan fingerprint density at radius 3 is 2.73 bits per heavy atom. The summed E-state index contributed by atoms with van der Waals surface area (Å²) in [4.78, 5) is 24.9. The first kappa shape index (κ1) is 16.4. The number of nitrogens with zero attached hydrogens (tertiary/aromatic N) is 1. The van der Waals surface area contributed by atoms with Crippen molar-refractivity contribution in [3.8, 4) is 0 Å². The predicted molar refractivity (Wildman–Crippen MR) is 78.0 cm³/mol. The number of rotatable bonds is 4. The van der Waals surface area contributed by atoms with Crippen LogP contribution in [0.4, 0.5) is 4.39 Å². The van der Waals surface area contributed by atoms with Crippen LogP contribution in [0.3, 0.4) is 0 Å². The molecule has 1 amide bonds. The standard InChI is InChI=1S/C16H20FNO4/c1-10(12-5-3-4-6-13(12)17)7-15(19)18-8-11(2)22-14(9-18)16(20)21/h3-6,10-11,14H,7-9H2,1-2H3,(H,20,21)/t10?,11-,14?/m1/s1. The minimum absolute atomic E-state index is 0.0303. The number of hydrogen-bond donors (Lipinski definition) is 1. The first-order chi connectivity index (χ1) is 10.4. The van der Waals surface area contributed by atoms with E-state index in [0.717, 1.165) is 0 Å². The van der Waals surface area contributed by atoms with Gasteiger partial charge in [-0.25, -0.2) is 9.18 Å². The Balaban J connectivity index is 2.02. The first-order valence-corrected chi connectivity index (χ1v) is 7.29. The third-order valence-electron chi connectivity index (χ3n) is 3.81.